The van der Waals surface area contributed by atoms with Gasteiger partial charge in [0.05, 0.1) is 13.2 Å². The lowest BCUT2D eigenvalue weighted by molar-refractivity contribution is -0.143. The second-order valence-corrected chi connectivity index (χ2v) is 8.68. The third kappa shape index (κ3) is 6.22. The van der Waals surface area contributed by atoms with Gasteiger partial charge in [0, 0.05) is 39.3 Å². The van der Waals surface area contributed by atoms with Gasteiger partial charge in [-0.1, -0.05) is 48.6 Å². The number of carbonyl (C=O) groups is 3. The summed E-state index contributed by atoms with van der Waals surface area (Å²) in [5.41, 5.74) is 1.76. The van der Waals surface area contributed by atoms with Crippen LogP contribution < -0.4 is 5.32 Å². The number of nitrogens with one attached hydrogen (secondary N) is 1. The average molecular weight is 480 g/mol. The summed E-state index contributed by atoms with van der Waals surface area (Å²) in [7, 11) is 2.75. The van der Waals surface area contributed by atoms with Crippen LogP contribution in [0.4, 0.5) is 0 Å². The number of Topliss-reactive ketones (excluding diaryl/α,β-unsaturated/α-hetero) is 1. The molecule has 1 atom stereocenters. The molecule has 1 aliphatic heterocycles. The van der Waals surface area contributed by atoms with Crippen molar-refractivity contribution in [3.05, 3.63) is 70.8 Å². The number of morpholine rings is 1. The fourth-order valence-corrected chi connectivity index (χ4v) is 3.94. The van der Waals surface area contributed by atoms with Gasteiger partial charge in [-0.2, -0.15) is 0 Å². The molecule has 1 aliphatic rings. The summed E-state index contributed by atoms with van der Waals surface area (Å²) in [6, 6.07) is 15.3. The van der Waals surface area contributed by atoms with Crippen molar-refractivity contribution in [3.63, 3.8) is 0 Å². The summed E-state index contributed by atoms with van der Waals surface area (Å²) in [4.78, 5) is 41.1. The van der Waals surface area contributed by atoms with E-state index >= 15 is 0 Å². The molecule has 2 aromatic carbocycles. The Morgan fingerprint density at radius 2 is 1.57 bits per heavy atom. The van der Waals surface area contributed by atoms with Crippen LogP contribution >= 0.6 is 0 Å². The van der Waals surface area contributed by atoms with Crippen LogP contribution in [0.2, 0.25) is 0 Å². The summed E-state index contributed by atoms with van der Waals surface area (Å²) >= 11 is 0. The molecular formula is C27H33N3O5. The minimum absolute atomic E-state index is 0.331. The van der Waals surface area contributed by atoms with Crippen molar-refractivity contribution in [1.29, 1.82) is 0 Å². The van der Waals surface area contributed by atoms with E-state index in [1.54, 1.807) is 24.3 Å². The molecular weight excluding hydrogens is 446 g/mol. The number of benzene rings is 2. The predicted octanol–water partition coefficient (Wildman–Crippen LogP) is 1.83. The number of ether oxygens (including phenoxy) is 1. The summed E-state index contributed by atoms with van der Waals surface area (Å²) in [5, 5.41) is 11.7. The largest absolute Gasteiger partial charge is 0.388 e. The highest BCUT2D eigenvalue weighted by Crippen LogP contribution is 2.20. The van der Waals surface area contributed by atoms with Crippen LogP contribution in [0.3, 0.4) is 0 Å². The molecule has 1 fully saturated rings. The van der Waals surface area contributed by atoms with Gasteiger partial charge >= 0.3 is 0 Å². The predicted molar refractivity (Wildman–Crippen MR) is 135 cm³/mol. The van der Waals surface area contributed by atoms with E-state index in [4.69, 9.17) is 4.74 Å². The lowest BCUT2D eigenvalue weighted by atomic mass is 9.92. The molecule has 0 saturated carbocycles. The second-order valence-electron chi connectivity index (χ2n) is 8.68. The first kappa shape index (κ1) is 26.3. The Balaban J connectivity index is 1.65. The minimum atomic E-state index is -1.81. The van der Waals surface area contributed by atoms with Crippen molar-refractivity contribution >= 4 is 29.7 Å². The highest BCUT2D eigenvalue weighted by Gasteiger charge is 2.46. The summed E-state index contributed by atoms with van der Waals surface area (Å²) in [6.45, 7) is 4.88. The van der Waals surface area contributed by atoms with Crippen LogP contribution in [0.15, 0.2) is 48.5 Å². The van der Waals surface area contributed by atoms with E-state index in [2.05, 4.69) is 34.5 Å². The molecule has 0 spiro atoms. The molecule has 3 rings (SSSR count). The van der Waals surface area contributed by atoms with Gasteiger partial charge in [-0.15, -0.1) is 0 Å². The summed E-state index contributed by atoms with van der Waals surface area (Å²) in [6.07, 6.45) is 3.96. The van der Waals surface area contributed by atoms with Crippen molar-refractivity contribution in [2.45, 2.75) is 19.0 Å². The Bertz CT molecular complexity index is 1040. The van der Waals surface area contributed by atoms with Crippen molar-refractivity contribution < 1.29 is 24.2 Å². The zero-order chi connectivity index (χ0) is 25.4. The maximum absolute atomic E-state index is 13.0. The molecule has 0 radical (unpaired) electrons. The molecule has 8 nitrogen and oxygen atoms in total. The SMILES string of the molecule is CNC(=O)[C@@](C)(C(=O)CO)N(C)C(=O)c1ccc(/C=C/c2ccc(CN3CCOCC3)cc2)cc1. The number of hydrogen-bond acceptors (Lipinski definition) is 6. The summed E-state index contributed by atoms with van der Waals surface area (Å²) < 4.78 is 5.40. The standard InChI is InChI=1S/C27H33N3O5/c1-27(24(32)19-31,26(34)28-2)29(3)25(33)23-12-10-21(11-13-23)5-4-20-6-8-22(9-7-20)18-30-14-16-35-17-15-30/h4-13,31H,14-19H2,1-3H3,(H,28,34)/b5-4+/t27-/m1/s1. The van der Waals surface area contributed by atoms with Gasteiger partial charge in [-0.05, 0) is 35.7 Å². The lowest BCUT2D eigenvalue weighted by Crippen LogP contribution is -2.62. The molecule has 1 saturated heterocycles. The molecule has 186 valence electrons. The van der Waals surface area contributed by atoms with E-state index < -0.39 is 29.7 Å². The number of aliphatic hydroxyl groups is 1. The maximum atomic E-state index is 13.0. The first-order valence-corrected chi connectivity index (χ1v) is 11.6. The smallest absolute Gasteiger partial charge is 0.254 e. The molecule has 35 heavy (non-hydrogen) atoms. The lowest BCUT2D eigenvalue weighted by Gasteiger charge is -2.35. The zero-order valence-corrected chi connectivity index (χ0v) is 20.5. The number of carbonyl (C=O) groups excluding carboxylic acids is 3. The van der Waals surface area contributed by atoms with E-state index in [0.717, 1.165) is 48.9 Å². The second kappa shape index (κ2) is 11.9. The number of likely N-dealkylation sites (N-methyl/N-ethyl adjacent to an activating group) is 2. The summed E-state index contributed by atoms with van der Waals surface area (Å²) in [5.74, 6) is -1.92. The Morgan fingerprint density at radius 3 is 2.09 bits per heavy atom. The normalized spacial score (nSPS) is 16.0. The van der Waals surface area contributed by atoms with E-state index in [1.165, 1.54) is 26.6 Å². The Labute approximate surface area is 206 Å². The molecule has 1 heterocycles. The van der Waals surface area contributed by atoms with Gasteiger partial charge in [-0.3, -0.25) is 19.3 Å². The Morgan fingerprint density at radius 1 is 1.03 bits per heavy atom. The van der Waals surface area contributed by atoms with Crippen molar-refractivity contribution in [3.8, 4) is 0 Å². The number of nitrogens with zero attached hydrogens (tertiary/aromatic N) is 2. The highest BCUT2D eigenvalue weighted by molar-refractivity contribution is 6.14. The number of hydrogen-bond donors (Lipinski definition) is 2. The molecule has 0 unspecified atom stereocenters. The van der Waals surface area contributed by atoms with Gasteiger partial charge in [0.15, 0.2) is 11.3 Å². The van der Waals surface area contributed by atoms with Gasteiger partial charge in [0.1, 0.15) is 6.61 Å². The third-order valence-electron chi connectivity index (χ3n) is 6.45. The fraction of sp³-hybridized carbons (Fsp3) is 0.370. The van der Waals surface area contributed by atoms with E-state index in [0.29, 0.717) is 5.56 Å². The Hall–Kier alpha value is -3.33. The van der Waals surface area contributed by atoms with Gasteiger partial charge in [0.2, 0.25) is 0 Å². The van der Waals surface area contributed by atoms with E-state index in [-0.39, 0.29) is 0 Å². The Kier molecular flexibility index (Phi) is 8.92. The monoisotopic (exact) mass is 479 g/mol. The first-order valence-electron chi connectivity index (χ1n) is 11.6. The van der Waals surface area contributed by atoms with Crippen LogP contribution in [0, 0.1) is 0 Å². The van der Waals surface area contributed by atoms with Crippen LogP contribution in [0.25, 0.3) is 12.2 Å². The van der Waals surface area contributed by atoms with Crippen LogP contribution in [0.1, 0.15) is 34.0 Å². The van der Waals surface area contributed by atoms with Crippen LogP contribution in [-0.2, 0) is 20.9 Å². The van der Waals surface area contributed by atoms with E-state index in [1.807, 2.05) is 12.2 Å². The first-order chi connectivity index (χ1) is 16.8. The molecule has 8 heteroatoms. The van der Waals surface area contributed by atoms with Gasteiger partial charge in [-0.25, -0.2) is 0 Å². The fourth-order valence-electron chi connectivity index (χ4n) is 3.94. The molecule has 2 aromatic rings. The molecule has 2 amide bonds. The number of ketones is 1. The third-order valence-corrected chi connectivity index (χ3v) is 6.45. The molecule has 0 bridgehead atoms. The quantitative estimate of drug-likeness (QED) is 0.421. The number of rotatable bonds is 9. The highest BCUT2D eigenvalue weighted by atomic mass is 16.5. The van der Waals surface area contributed by atoms with Crippen molar-refractivity contribution in [2.75, 3.05) is 47.0 Å². The number of aliphatic hydroxyl groups excluding tert-OH is 1. The maximum Gasteiger partial charge on any atom is 0.254 e. The van der Waals surface area contributed by atoms with Gasteiger partial charge in [0.25, 0.3) is 11.8 Å². The zero-order valence-electron chi connectivity index (χ0n) is 20.5. The van der Waals surface area contributed by atoms with E-state index in [9.17, 15) is 19.5 Å². The average Bonchev–Trinajstić information content (AvgIpc) is 2.91. The van der Waals surface area contributed by atoms with Crippen LogP contribution in [-0.4, -0.2) is 85.0 Å². The van der Waals surface area contributed by atoms with Crippen molar-refractivity contribution in [2.24, 2.45) is 0 Å². The molecule has 0 aromatic heterocycles. The molecule has 0 aliphatic carbocycles. The minimum Gasteiger partial charge on any atom is -0.388 e. The van der Waals surface area contributed by atoms with Crippen LogP contribution in [0.5, 0.6) is 0 Å². The van der Waals surface area contributed by atoms with Gasteiger partial charge < -0.3 is 20.1 Å². The topological polar surface area (TPSA) is 99.2 Å². The molecule has 2 N–H and O–H groups in total. The number of amides is 2. The van der Waals surface area contributed by atoms with Crippen molar-refractivity contribution in [1.82, 2.24) is 15.1 Å².